The van der Waals surface area contributed by atoms with Gasteiger partial charge in [-0.05, 0) is 25.8 Å². The summed E-state index contributed by atoms with van der Waals surface area (Å²) in [5.41, 5.74) is 0. The fraction of sp³-hybridized carbons (Fsp3) is 0.833. The van der Waals surface area contributed by atoms with Crippen LogP contribution >= 0.6 is 0 Å². The molecule has 0 aromatic heterocycles. The Morgan fingerprint density at radius 3 is 2.35 bits per heavy atom. The lowest BCUT2D eigenvalue weighted by atomic mass is 9.97. The number of halogens is 3. The summed E-state index contributed by atoms with van der Waals surface area (Å²) in [6, 6.07) is 0. The van der Waals surface area contributed by atoms with E-state index in [2.05, 4.69) is 5.32 Å². The Bertz CT molecular complexity index is 339. The number of rotatable bonds is 6. The monoisotopic (exact) mass is 296 g/mol. The smallest absolute Gasteiger partial charge is 0.389 e. The predicted molar refractivity (Wildman–Crippen MR) is 65.1 cm³/mol. The van der Waals surface area contributed by atoms with Crippen LogP contribution in [0.15, 0.2) is 0 Å². The van der Waals surface area contributed by atoms with E-state index in [0.29, 0.717) is 25.9 Å². The molecule has 8 heteroatoms. The molecule has 2 N–H and O–H groups in total. The Labute approximate surface area is 115 Å². The van der Waals surface area contributed by atoms with Crippen molar-refractivity contribution in [1.29, 1.82) is 0 Å². The van der Waals surface area contributed by atoms with E-state index >= 15 is 0 Å². The van der Waals surface area contributed by atoms with Gasteiger partial charge in [0.25, 0.3) is 0 Å². The van der Waals surface area contributed by atoms with E-state index in [0.717, 1.165) is 0 Å². The van der Waals surface area contributed by atoms with Crippen molar-refractivity contribution in [3.05, 3.63) is 0 Å². The molecule has 0 aromatic rings. The first-order chi connectivity index (χ1) is 9.29. The van der Waals surface area contributed by atoms with Crippen molar-refractivity contribution in [2.45, 2.75) is 31.9 Å². The highest BCUT2D eigenvalue weighted by Crippen LogP contribution is 2.20. The molecule has 0 saturated carbocycles. The fourth-order valence-electron chi connectivity index (χ4n) is 2.10. The Morgan fingerprint density at radius 1 is 1.25 bits per heavy atom. The average molecular weight is 296 g/mol. The topological polar surface area (TPSA) is 69.6 Å². The van der Waals surface area contributed by atoms with Crippen LogP contribution in [0.1, 0.15) is 25.7 Å². The van der Waals surface area contributed by atoms with Gasteiger partial charge in [0, 0.05) is 19.5 Å². The number of hydrogen-bond donors (Lipinski definition) is 2. The fourth-order valence-corrected chi connectivity index (χ4v) is 2.10. The molecule has 1 aliphatic rings. The number of nitrogens with one attached hydrogen (secondary N) is 1. The number of likely N-dealkylation sites (tertiary alicyclic amines) is 1. The van der Waals surface area contributed by atoms with Crippen LogP contribution in [-0.4, -0.2) is 54.2 Å². The van der Waals surface area contributed by atoms with Gasteiger partial charge in [0.05, 0.1) is 12.5 Å². The summed E-state index contributed by atoms with van der Waals surface area (Å²) >= 11 is 0. The van der Waals surface area contributed by atoms with Gasteiger partial charge in [-0.3, -0.25) is 9.59 Å². The Balaban J connectivity index is 2.13. The minimum atomic E-state index is -4.16. The molecule has 1 rings (SSSR count). The lowest BCUT2D eigenvalue weighted by molar-refractivity contribution is -0.145. The van der Waals surface area contributed by atoms with E-state index in [1.54, 1.807) is 4.90 Å². The van der Waals surface area contributed by atoms with E-state index in [9.17, 15) is 22.8 Å². The van der Waals surface area contributed by atoms with E-state index in [4.69, 9.17) is 5.11 Å². The summed E-state index contributed by atoms with van der Waals surface area (Å²) in [6.45, 7) is 0.909. The number of alkyl halides is 3. The van der Waals surface area contributed by atoms with Gasteiger partial charge in [-0.1, -0.05) is 0 Å². The van der Waals surface area contributed by atoms with E-state index in [1.165, 1.54) is 0 Å². The second-order valence-electron chi connectivity index (χ2n) is 4.89. The maximum absolute atomic E-state index is 11.9. The maximum atomic E-state index is 11.9. The van der Waals surface area contributed by atoms with Gasteiger partial charge in [0.1, 0.15) is 0 Å². The Morgan fingerprint density at radius 2 is 1.85 bits per heavy atom. The summed E-state index contributed by atoms with van der Waals surface area (Å²) in [4.78, 5) is 24.0. The molecular weight excluding hydrogens is 277 g/mol. The van der Waals surface area contributed by atoms with Crippen LogP contribution in [0.5, 0.6) is 0 Å². The largest absolute Gasteiger partial charge is 0.481 e. The first-order valence-electron chi connectivity index (χ1n) is 6.57. The number of piperidine rings is 1. The van der Waals surface area contributed by atoms with Crippen molar-refractivity contribution in [3.8, 4) is 0 Å². The molecule has 0 spiro atoms. The average Bonchev–Trinajstić information content (AvgIpc) is 2.37. The number of amides is 1. The molecular formula is C12H19F3N2O3. The van der Waals surface area contributed by atoms with Crippen LogP contribution < -0.4 is 5.32 Å². The van der Waals surface area contributed by atoms with Crippen LogP contribution in [0.4, 0.5) is 13.2 Å². The number of carboxylic acids is 1. The van der Waals surface area contributed by atoms with Crippen molar-refractivity contribution >= 4 is 11.9 Å². The highest BCUT2D eigenvalue weighted by molar-refractivity contribution is 5.78. The number of carbonyl (C=O) groups is 2. The number of carboxylic acid groups (broad SMARTS) is 1. The van der Waals surface area contributed by atoms with Crippen LogP contribution in [0.3, 0.4) is 0 Å². The van der Waals surface area contributed by atoms with E-state index in [1.807, 2.05) is 0 Å². The summed E-state index contributed by atoms with van der Waals surface area (Å²) in [7, 11) is 0. The quantitative estimate of drug-likeness (QED) is 0.724. The van der Waals surface area contributed by atoms with Crippen LogP contribution in [0, 0.1) is 5.92 Å². The molecule has 0 aromatic carbocycles. The van der Waals surface area contributed by atoms with Crippen LogP contribution in [0.2, 0.25) is 0 Å². The summed E-state index contributed by atoms with van der Waals surface area (Å²) in [5, 5.41) is 11.5. The number of carbonyl (C=O) groups excluding carboxylic acids is 1. The van der Waals surface area contributed by atoms with Crippen LogP contribution in [0.25, 0.3) is 0 Å². The third-order valence-corrected chi connectivity index (χ3v) is 3.29. The molecule has 0 aliphatic carbocycles. The number of aliphatic carboxylic acids is 1. The third kappa shape index (κ3) is 6.23. The zero-order valence-electron chi connectivity index (χ0n) is 11.1. The molecule has 0 atom stereocenters. The lowest BCUT2D eigenvalue weighted by Gasteiger charge is -2.30. The van der Waals surface area contributed by atoms with Gasteiger partial charge in [-0.25, -0.2) is 0 Å². The molecule has 1 aliphatic heterocycles. The second kappa shape index (κ2) is 7.47. The molecule has 1 amide bonds. The number of nitrogens with zero attached hydrogens (tertiary/aromatic N) is 1. The molecule has 116 valence electrons. The molecule has 1 fully saturated rings. The predicted octanol–water partition coefficient (Wildman–Crippen LogP) is 1.24. The summed E-state index contributed by atoms with van der Waals surface area (Å²) in [6.07, 6.45) is -4.23. The first kappa shape index (κ1) is 16.7. The minimum Gasteiger partial charge on any atom is -0.481 e. The second-order valence-corrected chi connectivity index (χ2v) is 4.89. The SMILES string of the molecule is O=C(O)C1CCN(C(=O)CNCCCC(F)(F)F)CC1. The molecule has 1 saturated heterocycles. The highest BCUT2D eigenvalue weighted by atomic mass is 19.4. The van der Waals surface area contributed by atoms with Crippen molar-refractivity contribution in [3.63, 3.8) is 0 Å². The van der Waals surface area contributed by atoms with Gasteiger partial charge in [-0.15, -0.1) is 0 Å². The van der Waals surface area contributed by atoms with Crippen molar-refractivity contribution in [1.82, 2.24) is 10.2 Å². The maximum Gasteiger partial charge on any atom is 0.389 e. The third-order valence-electron chi connectivity index (χ3n) is 3.29. The van der Waals surface area contributed by atoms with Crippen molar-refractivity contribution < 1.29 is 27.9 Å². The Hall–Kier alpha value is -1.31. The normalized spacial score (nSPS) is 17.2. The summed E-state index contributed by atoms with van der Waals surface area (Å²) < 4.78 is 35.6. The van der Waals surface area contributed by atoms with Gasteiger partial charge in [0.15, 0.2) is 0 Å². The van der Waals surface area contributed by atoms with Crippen LogP contribution in [-0.2, 0) is 9.59 Å². The zero-order valence-corrected chi connectivity index (χ0v) is 11.1. The minimum absolute atomic E-state index is 0.00437. The molecule has 0 bridgehead atoms. The molecule has 20 heavy (non-hydrogen) atoms. The van der Waals surface area contributed by atoms with E-state index < -0.39 is 24.5 Å². The highest BCUT2D eigenvalue weighted by Gasteiger charge is 2.27. The van der Waals surface area contributed by atoms with E-state index in [-0.39, 0.29) is 25.4 Å². The van der Waals surface area contributed by atoms with Gasteiger partial charge in [-0.2, -0.15) is 13.2 Å². The van der Waals surface area contributed by atoms with Gasteiger partial charge < -0.3 is 15.3 Å². The summed E-state index contributed by atoms with van der Waals surface area (Å²) in [5.74, 6) is -1.44. The van der Waals surface area contributed by atoms with Gasteiger partial charge >= 0.3 is 12.1 Å². The molecule has 5 nitrogen and oxygen atoms in total. The molecule has 0 unspecified atom stereocenters. The molecule has 0 radical (unpaired) electrons. The molecule has 1 heterocycles. The zero-order chi connectivity index (χ0) is 15.2. The van der Waals surface area contributed by atoms with Crippen molar-refractivity contribution in [2.75, 3.05) is 26.2 Å². The van der Waals surface area contributed by atoms with Gasteiger partial charge in [0.2, 0.25) is 5.91 Å². The first-order valence-corrected chi connectivity index (χ1v) is 6.57. The van der Waals surface area contributed by atoms with Crippen molar-refractivity contribution in [2.24, 2.45) is 5.92 Å². The standard InChI is InChI=1S/C12H19F3N2O3/c13-12(14,15)4-1-5-16-8-10(18)17-6-2-9(3-7-17)11(19)20/h9,16H,1-8H2,(H,19,20). The number of hydrogen-bond acceptors (Lipinski definition) is 3. The lowest BCUT2D eigenvalue weighted by Crippen LogP contribution is -2.44. The Kier molecular flexibility index (Phi) is 6.25.